The summed E-state index contributed by atoms with van der Waals surface area (Å²) in [6.07, 6.45) is 1.39. The van der Waals surface area contributed by atoms with Crippen molar-refractivity contribution in [3.63, 3.8) is 0 Å². The van der Waals surface area contributed by atoms with Gasteiger partial charge in [0.1, 0.15) is 0 Å². The molecule has 0 fully saturated rings. The summed E-state index contributed by atoms with van der Waals surface area (Å²) in [5.74, 6) is -3.23. The minimum Gasteiger partial charge on any atom is -0.480 e. The second-order valence-electron chi connectivity index (χ2n) is 6.80. The highest BCUT2D eigenvalue weighted by atomic mass is 16.6. The molecule has 0 amide bonds. The van der Waals surface area contributed by atoms with E-state index in [1.807, 2.05) is 0 Å². The molecule has 1 heterocycles. The molecule has 2 aromatic rings. The number of rotatable bonds is 7. The number of hydrogen-bond donors (Lipinski definition) is 2. The van der Waals surface area contributed by atoms with Crippen LogP contribution in [0.5, 0.6) is 0 Å². The Bertz CT molecular complexity index is 1030. The molecule has 2 N–H and O–H groups in total. The van der Waals surface area contributed by atoms with Crippen LogP contribution >= 0.6 is 0 Å². The van der Waals surface area contributed by atoms with Gasteiger partial charge in [-0.05, 0) is 49.4 Å². The Morgan fingerprint density at radius 2 is 1.66 bits per heavy atom. The average Bonchev–Trinajstić information content (AvgIpc) is 2.63. The largest absolute Gasteiger partial charge is 0.480 e. The van der Waals surface area contributed by atoms with E-state index in [2.05, 4.69) is 0 Å². The van der Waals surface area contributed by atoms with Gasteiger partial charge < -0.3 is 10.2 Å². The SMILES string of the molecule is CCc1ccn(-c2c(C)cc([N+](=O)[O-])cc2C)c(=O)c1C(CC)(C(=O)O)C(=O)O. The van der Waals surface area contributed by atoms with Crippen LogP contribution in [0.25, 0.3) is 5.69 Å². The maximum atomic E-state index is 13.4. The molecule has 0 bridgehead atoms. The van der Waals surface area contributed by atoms with Crippen LogP contribution in [0.2, 0.25) is 0 Å². The van der Waals surface area contributed by atoms with Gasteiger partial charge in [0.05, 0.1) is 10.6 Å². The summed E-state index contributed by atoms with van der Waals surface area (Å²) >= 11 is 0. The van der Waals surface area contributed by atoms with E-state index in [4.69, 9.17) is 0 Å². The first-order valence-electron chi connectivity index (χ1n) is 9.00. The summed E-state index contributed by atoms with van der Waals surface area (Å²) in [4.78, 5) is 48.0. The number of benzene rings is 1. The molecule has 0 spiro atoms. The van der Waals surface area contributed by atoms with Gasteiger partial charge in [0, 0.05) is 23.9 Å². The molecule has 2 rings (SSSR count). The molecule has 154 valence electrons. The quantitative estimate of drug-likeness (QED) is 0.412. The molecule has 0 unspecified atom stereocenters. The number of pyridine rings is 1. The third-order valence-corrected chi connectivity index (χ3v) is 5.17. The van der Waals surface area contributed by atoms with E-state index in [0.29, 0.717) is 22.4 Å². The number of nitro groups is 1. The second-order valence-corrected chi connectivity index (χ2v) is 6.80. The summed E-state index contributed by atoms with van der Waals surface area (Å²) < 4.78 is 1.17. The van der Waals surface area contributed by atoms with Crippen LogP contribution in [0.1, 0.15) is 42.5 Å². The van der Waals surface area contributed by atoms with Crippen LogP contribution in [0.4, 0.5) is 5.69 Å². The van der Waals surface area contributed by atoms with Crippen LogP contribution in [0.15, 0.2) is 29.2 Å². The van der Waals surface area contributed by atoms with Crippen molar-refractivity contribution in [2.45, 2.75) is 46.0 Å². The number of aryl methyl sites for hydroxylation is 3. The lowest BCUT2D eigenvalue weighted by Gasteiger charge is -2.26. The number of aliphatic carboxylic acids is 2. The van der Waals surface area contributed by atoms with Crippen molar-refractivity contribution in [3.05, 3.63) is 67.1 Å². The fourth-order valence-corrected chi connectivity index (χ4v) is 3.70. The van der Waals surface area contributed by atoms with Gasteiger partial charge in [-0.15, -0.1) is 0 Å². The molecule has 0 atom stereocenters. The zero-order chi connectivity index (χ0) is 22.1. The Kier molecular flexibility index (Phi) is 5.91. The summed E-state index contributed by atoms with van der Waals surface area (Å²) in [6.45, 7) is 6.29. The van der Waals surface area contributed by atoms with E-state index >= 15 is 0 Å². The van der Waals surface area contributed by atoms with Crippen molar-refractivity contribution >= 4 is 17.6 Å². The van der Waals surface area contributed by atoms with Crippen LogP contribution < -0.4 is 5.56 Å². The van der Waals surface area contributed by atoms with Crippen LogP contribution in [0, 0.1) is 24.0 Å². The predicted molar refractivity (Wildman–Crippen MR) is 105 cm³/mol. The van der Waals surface area contributed by atoms with Gasteiger partial charge in [0.2, 0.25) is 0 Å². The third kappa shape index (κ3) is 3.39. The van der Waals surface area contributed by atoms with Crippen molar-refractivity contribution in [1.29, 1.82) is 0 Å². The van der Waals surface area contributed by atoms with Crippen molar-refractivity contribution < 1.29 is 24.7 Å². The minimum atomic E-state index is -2.39. The first-order chi connectivity index (χ1) is 13.5. The van der Waals surface area contributed by atoms with Gasteiger partial charge in [-0.1, -0.05) is 13.8 Å². The van der Waals surface area contributed by atoms with E-state index in [1.54, 1.807) is 20.8 Å². The molecule has 0 saturated heterocycles. The molecule has 9 heteroatoms. The molecule has 1 aromatic carbocycles. The van der Waals surface area contributed by atoms with Crippen molar-refractivity contribution in [3.8, 4) is 5.69 Å². The molecular formula is C20H22N2O7. The third-order valence-electron chi connectivity index (χ3n) is 5.17. The van der Waals surface area contributed by atoms with Crippen molar-refractivity contribution in [2.75, 3.05) is 0 Å². The molecule has 9 nitrogen and oxygen atoms in total. The van der Waals surface area contributed by atoms with Gasteiger partial charge in [0.25, 0.3) is 11.2 Å². The van der Waals surface area contributed by atoms with E-state index in [0.717, 1.165) is 0 Å². The highest BCUT2D eigenvalue weighted by molar-refractivity contribution is 6.05. The minimum absolute atomic E-state index is 0.138. The molecule has 0 radical (unpaired) electrons. The number of carboxylic acids is 2. The van der Waals surface area contributed by atoms with Gasteiger partial charge in [-0.25, -0.2) is 0 Å². The van der Waals surface area contributed by atoms with Crippen LogP contribution in [-0.2, 0) is 21.4 Å². The normalized spacial score (nSPS) is 11.3. The molecule has 1 aromatic heterocycles. The maximum absolute atomic E-state index is 13.4. The molecule has 0 aliphatic heterocycles. The first-order valence-corrected chi connectivity index (χ1v) is 9.00. The first kappa shape index (κ1) is 21.8. The highest BCUT2D eigenvalue weighted by Gasteiger charge is 2.50. The number of carboxylic acid groups (broad SMARTS) is 2. The van der Waals surface area contributed by atoms with Crippen LogP contribution in [-0.4, -0.2) is 31.6 Å². The number of aromatic nitrogens is 1. The Morgan fingerprint density at radius 1 is 1.14 bits per heavy atom. The summed E-state index contributed by atoms with van der Waals surface area (Å²) in [6, 6.07) is 4.14. The Morgan fingerprint density at radius 3 is 2.03 bits per heavy atom. The van der Waals surface area contributed by atoms with Gasteiger partial charge in [0.15, 0.2) is 5.41 Å². The monoisotopic (exact) mass is 402 g/mol. The summed E-state index contributed by atoms with van der Waals surface area (Å²) in [5.41, 5.74) is -2.06. The lowest BCUT2D eigenvalue weighted by Crippen LogP contribution is -2.48. The fourth-order valence-electron chi connectivity index (χ4n) is 3.70. The zero-order valence-corrected chi connectivity index (χ0v) is 16.6. The lowest BCUT2D eigenvalue weighted by molar-refractivity contribution is -0.384. The fraction of sp³-hybridized carbons (Fsp3) is 0.350. The lowest BCUT2D eigenvalue weighted by atomic mass is 9.76. The molecular weight excluding hydrogens is 380 g/mol. The van der Waals surface area contributed by atoms with Gasteiger partial charge in [-0.3, -0.25) is 29.1 Å². The highest BCUT2D eigenvalue weighted by Crippen LogP contribution is 2.31. The van der Waals surface area contributed by atoms with Crippen molar-refractivity contribution in [2.24, 2.45) is 0 Å². The van der Waals surface area contributed by atoms with E-state index in [-0.39, 0.29) is 24.1 Å². The number of hydrogen-bond acceptors (Lipinski definition) is 5. The predicted octanol–water partition coefficient (Wildman–Crippen LogP) is 2.74. The van der Waals surface area contributed by atoms with Crippen molar-refractivity contribution in [1.82, 2.24) is 4.57 Å². The number of nitro benzene ring substituents is 1. The van der Waals surface area contributed by atoms with Gasteiger partial charge in [-0.2, -0.15) is 0 Å². The smallest absolute Gasteiger partial charge is 0.325 e. The second kappa shape index (κ2) is 7.86. The zero-order valence-electron chi connectivity index (χ0n) is 16.6. The Balaban J connectivity index is 2.96. The number of carbonyl (C=O) groups is 2. The Hall–Kier alpha value is -3.49. The molecule has 0 aliphatic rings. The summed E-state index contributed by atoms with van der Waals surface area (Å²) in [5, 5.41) is 30.6. The average molecular weight is 402 g/mol. The standard InChI is InChI=1S/C20H22N2O7/c1-5-13-7-8-21(16-11(3)9-14(22(28)29)10-12(16)4)17(23)15(13)20(6-2,18(24)25)19(26)27/h7-10H,5-6H2,1-4H3,(H,24,25)(H,26,27). The van der Waals surface area contributed by atoms with Gasteiger partial charge >= 0.3 is 11.9 Å². The topological polar surface area (TPSA) is 140 Å². The van der Waals surface area contributed by atoms with E-state index in [1.165, 1.54) is 35.9 Å². The van der Waals surface area contributed by atoms with E-state index in [9.17, 15) is 34.7 Å². The molecule has 0 aliphatic carbocycles. The molecule has 0 saturated carbocycles. The number of non-ortho nitro benzene ring substituents is 1. The number of nitrogens with zero attached hydrogens (tertiary/aromatic N) is 2. The summed E-state index contributed by atoms with van der Waals surface area (Å²) in [7, 11) is 0. The van der Waals surface area contributed by atoms with Crippen LogP contribution in [0.3, 0.4) is 0 Å². The molecule has 29 heavy (non-hydrogen) atoms. The Labute approximate surface area is 166 Å². The maximum Gasteiger partial charge on any atom is 0.325 e. The van der Waals surface area contributed by atoms with E-state index < -0.39 is 27.8 Å².